The lowest BCUT2D eigenvalue weighted by Gasteiger charge is -2.01. The van der Waals surface area contributed by atoms with Crippen molar-refractivity contribution in [2.24, 2.45) is 0 Å². The molecule has 84 valence electrons. The Morgan fingerprint density at radius 3 is 2.56 bits per heavy atom. The van der Waals surface area contributed by atoms with Crippen LogP contribution in [0.4, 0.5) is 13.2 Å². The minimum atomic E-state index is -4.41. The van der Waals surface area contributed by atoms with Crippen LogP contribution in [0.1, 0.15) is 5.56 Å². The molecule has 8 heteroatoms. The van der Waals surface area contributed by atoms with Gasteiger partial charge in [0.1, 0.15) is 0 Å². The van der Waals surface area contributed by atoms with Gasteiger partial charge in [0.15, 0.2) is 5.15 Å². The zero-order chi connectivity index (χ0) is 11.8. The fourth-order valence-electron chi connectivity index (χ4n) is 1.07. The molecule has 0 amide bonds. The Balaban J connectivity index is 2.39. The summed E-state index contributed by atoms with van der Waals surface area (Å²) in [6.07, 6.45) is -1.57. The second kappa shape index (κ2) is 3.75. The summed E-state index contributed by atoms with van der Waals surface area (Å²) in [5, 5.41) is 10.6. The first-order chi connectivity index (χ1) is 7.47. The van der Waals surface area contributed by atoms with E-state index in [0.717, 1.165) is 17.1 Å². The summed E-state index contributed by atoms with van der Waals surface area (Å²) in [5.74, 6) is 0. The van der Waals surface area contributed by atoms with Crippen molar-refractivity contribution in [3.05, 3.63) is 35.4 Å². The SMILES string of the molecule is FC(F)(F)c1cnn(-c2cnnc(Cl)c2)c1. The second-order valence-electron chi connectivity index (χ2n) is 2.91. The molecule has 0 atom stereocenters. The third-order valence-corrected chi connectivity index (χ3v) is 1.97. The summed E-state index contributed by atoms with van der Waals surface area (Å²) < 4.78 is 37.9. The van der Waals surface area contributed by atoms with E-state index in [4.69, 9.17) is 11.6 Å². The Morgan fingerprint density at radius 2 is 2.00 bits per heavy atom. The topological polar surface area (TPSA) is 43.6 Å². The fourth-order valence-corrected chi connectivity index (χ4v) is 1.22. The van der Waals surface area contributed by atoms with E-state index in [9.17, 15) is 13.2 Å². The lowest BCUT2D eigenvalue weighted by molar-refractivity contribution is -0.137. The van der Waals surface area contributed by atoms with Crippen LogP contribution < -0.4 is 0 Å². The van der Waals surface area contributed by atoms with Crippen molar-refractivity contribution < 1.29 is 13.2 Å². The maximum absolute atomic E-state index is 12.3. The number of aromatic nitrogens is 4. The summed E-state index contributed by atoms with van der Waals surface area (Å²) >= 11 is 5.55. The zero-order valence-corrected chi connectivity index (χ0v) is 8.37. The highest BCUT2D eigenvalue weighted by Crippen LogP contribution is 2.29. The molecular formula is C8H4ClF3N4. The molecule has 2 aromatic heterocycles. The zero-order valence-electron chi connectivity index (χ0n) is 7.61. The van der Waals surface area contributed by atoms with Gasteiger partial charge in [0, 0.05) is 12.3 Å². The van der Waals surface area contributed by atoms with Crippen molar-refractivity contribution in [3.8, 4) is 5.69 Å². The van der Waals surface area contributed by atoms with E-state index in [-0.39, 0.29) is 5.15 Å². The molecule has 0 saturated carbocycles. The minimum absolute atomic E-state index is 0.0848. The predicted molar refractivity (Wildman–Crippen MR) is 49.2 cm³/mol. The Bertz CT molecular complexity index is 508. The van der Waals surface area contributed by atoms with Crippen LogP contribution in [0.5, 0.6) is 0 Å². The summed E-state index contributed by atoms with van der Waals surface area (Å²) in [5.41, 5.74) is -0.518. The van der Waals surface area contributed by atoms with Gasteiger partial charge in [-0.3, -0.25) is 0 Å². The van der Waals surface area contributed by atoms with Gasteiger partial charge in [-0.1, -0.05) is 11.6 Å². The Labute approximate surface area is 92.7 Å². The van der Waals surface area contributed by atoms with E-state index in [1.54, 1.807) is 0 Å². The highest BCUT2D eigenvalue weighted by Gasteiger charge is 2.32. The first kappa shape index (κ1) is 10.9. The maximum atomic E-state index is 12.3. The van der Waals surface area contributed by atoms with Crippen LogP contribution in [-0.4, -0.2) is 20.0 Å². The van der Waals surface area contributed by atoms with Crippen LogP contribution in [0.3, 0.4) is 0 Å². The van der Waals surface area contributed by atoms with Crippen molar-refractivity contribution >= 4 is 11.6 Å². The Morgan fingerprint density at radius 1 is 1.25 bits per heavy atom. The summed E-state index contributed by atoms with van der Waals surface area (Å²) in [7, 11) is 0. The molecule has 0 fully saturated rings. The number of halogens is 4. The number of nitrogens with zero attached hydrogens (tertiary/aromatic N) is 4. The summed E-state index contributed by atoms with van der Waals surface area (Å²) in [6.45, 7) is 0. The van der Waals surface area contributed by atoms with E-state index in [1.807, 2.05) is 0 Å². The molecule has 0 spiro atoms. The number of hydrogen-bond acceptors (Lipinski definition) is 3. The van der Waals surface area contributed by atoms with Crippen molar-refractivity contribution in [2.45, 2.75) is 6.18 Å². The van der Waals surface area contributed by atoms with E-state index >= 15 is 0 Å². The first-order valence-corrected chi connectivity index (χ1v) is 4.45. The van der Waals surface area contributed by atoms with Crippen molar-refractivity contribution in [1.29, 1.82) is 0 Å². The van der Waals surface area contributed by atoms with Crippen LogP contribution >= 0.6 is 11.6 Å². The van der Waals surface area contributed by atoms with Crippen LogP contribution in [0.2, 0.25) is 5.15 Å². The average Bonchev–Trinajstić information content (AvgIpc) is 2.65. The molecule has 0 bridgehead atoms. The highest BCUT2D eigenvalue weighted by atomic mass is 35.5. The van der Waals surface area contributed by atoms with Gasteiger partial charge in [-0.05, 0) is 0 Å². The monoisotopic (exact) mass is 248 g/mol. The Hall–Kier alpha value is -1.63. The molecule has 0 unspecified atom stereocenters. The molecule has 0 aromatic carbocycles. The molecule has 16 heavy (non-hydrogen) atoms. The largest absolute Gasteiger partial charge is 0.419 e. The molecular weight excluding hydrogens is 245 g/mol. The second-order valence-corrected chi connectivity index (χ2v) is 3.30. The van der Waals surface area contributed by atoms with Gasteiger partial charge in [-0.2, -0.15) is 23.4 Å². The van der Waals surface area contributed by atoms with Gasteiger partial charge >= 0.3 is 6.18 Å². The van der Waals surface area contributed by atoms with Gasteiger partial charge in [-0.25, -0.2) is 4.68 Å². The van der Waals surface area contributed by atoms with Crippen LogP contribution in [0, 0.1) is 0 Å². The predicted octanol–water partition coefficient (Wildman–Crippen LogP) is 2.33. The lowest BCUT2D eigenvalue weighted by Crippen LogP contribution is -2.03. The minimum Gasteiger partial charge on any atom is -0.239 e. The molecule has 0 radical (unpaired) electrons. The smallest absolute Gasteiger partial charge is 0.239 e. The molecule has 2 rings (SSSR count). The van der Waals surface area contributed by atoms with E-state index in [1.165, 1.54) is 12.3 Å². The van der Waals surface area contributed by atoms with Crippen LogP contribution in [-0.2, 0) is 6.18 Å². The highest BCUT2D eigenvalue weighted by molar-refractivity contribution is 6.29. The third kappa shape index (κ3) is 2.13. The quantitative estimate of drug-likeness (QED) is 0.778. The molecule has 0 saturated heterocycles. The van der Waals surface area contributed by atoms with E-state index in [2.05, 4.69) is 15.3 Å². The summed E-state index contributed by atoms with van der Waals surface area (Å²) in [6, 6.07) is 1.36. The maximum Gasteiger partial charge on any atom is 0.419 e. The van der Waals surface area contributed by atoms with Gasteiger partial charge in [0.25, 0.3) is 0 Å². The van der Waals surface area contributed by atoms with Crippen molar-refractivity contribution in [3.63, 3.8) is 0 Å². The third-order valence-electron chi connectivity index (χ3n) is 1.78. The van der Waals surface area contributed by atoms with Crippen LogP contribution in [0.25, 0.3) is 5.69 Å². The number of rotatable bonds is 1. The summed E-state index contributed by atoms with van der Waals surface area (Å²) in [4.78, 5) is 0. The molecule has 2 aromatic rings. The van der Waals surface area contributed by atoms with Crippen LogP contribution in [0.15, 0.2) is 24.7 Å². The molecule has 0 aliphatic carbocycles. The first-order valence-electron chi connectivity index (χ1n) is 4.07. The molecule has 0 aliphatic rings. The number of hydrogen-bond donors (Lipinski definition) is 0. The van der Waals surface area contributed by atoms with Crippen molar-refractivity contribution in [2.75, 3.05) is 0 Å². The lowest BCUT2D eigenvalue weighted by atomic mass is 10.3. The van der Waals surface area contributed by atoms with E-state index in [0.29, 0.717) is 5.69 Å². The van der Waals surface area contributed by atoms with E-state index < -0.39 is 11.7 Å². The van der Waals surface area contributed by atoms with Gasteiger partial charge in [0.05, 0.1) is 23.6 Å². The number of alkyl halides is 3. The molecule has 2 heterocycles. The van der Waals surface area contributed by atoms with Gasteiger partial charge in [-0.15, -0.1) is 5.10 Å². The van der Waals surface area contributed by atoms with Crippen molar-refractivity contribution in [1.82, 2.24) is 20.0 Å². The fraction of sp³-hybridized carbons (Fsp3) is 0.125. The Kier molecular flexibility index (Phi) is 2.55. The normalized spacial score (nSPS) is 11.8. The van der Waals surface area contributed by atoms with Gasteiger partial charge < -0.3 is 0 Å². The van der Waals surface area contributed by atoms with Gasteiger partial charge in [0.2, 0.25) is 0 Å². The molecule has 4 nitrogen and oxygen atoms in total. The molecule has 0 aliphatic heterocycles. The molecule has 0 N–H and O–H groups in total. The average molecular weight is 249 g/mol. The standard InChI is InChI=1S/C8H4ClF3N4/c9-7-1-6(3-13-15-7)16-4-5(2-14-16)8(10,11)12/h1-4H.